The van der Waals surface area contributed by atoms with Gasteiger partial charge in [0.05, 0.1) is 5.92 Å². The van der Waals surface area contributed by atoms with E-state index in [4.69, 9.17) is 67.5 Å². The highest BCUT2D eigenvalue weighted by Gasteiger charge is 2.61. The van der Waals surface area contributed by atoms with Crippen LogP contribution in [-0.2, 0) is 19.1 Å². The third kappa shape index (κ3) is 6.84. The number of carbonyl (C=O) groups is 2. The molecular formula is C16H19Cl5O4. The van der Waals surface area contributed by atoms with Crippen LogP contribution in [0.2, 0.25) is 0 Å². The van der Waals surface area contributed by atoms with E-state index >= 15 is 0 Å². The van der Waals surface area contributed by atoms with Gasteiger partial charge in [-0.3, -0.25) is 4.79 Å². The summed E-state index contributed by atoms with van der Waals surface area (Å²) in [4.78, 5) is 24.0. The van der Waals surface area contributed by atoms with E-state index in [2.05, 4.69) is 0 Å². The SMILES string of the molecule is CC(C)=CC(OC(=O)COC(=O)C1C(C=C(Cl)Cl)C1(C)C)C(Cl)(Cl)Cl. The number of esters is 2. The molecule has 1 saturated carbocycles. The number of hydrogen-bond acceptors (Lipinski definition) is 4. The summed E-state index contributed by atoms with van der Waals surface area (Å²) in [6.07, 6.45) is 2.00. The molecular weight excluding hydrogens is 433 g/mol. The van der Waals surface area contributed by atoms with Crippen molar-refractivity contribution in [1.29, 1.82) is 0 Å². The second kappa shape index (κ2) is 8.71. The van der Waals surface area contributed by atoms with Gasteiger partial charge in [0.15, 0.2) is 12.7 Å². The van der Waals surface area contributed by atoms with Crippen LogP contribution < -0.4 is 0 Å². The van der Waals surface area contributed by atoms with E-state index in [-0.39, 0.29) is 15.8 Å². The second-order valence-electron chi connectivity index (χ2n) is 6.58. The number of halogens is 5. The van der Waals surface area contributed by atoms with Crippen LogP contribution >= 0.6 is 58.0 Å². The van der Waals surface area contributed by atoms with Gasteiger partial charge >= 0.3 is 11.9 Å². The number of hydrogen-bond donors (Lipinski definition) is 0. The van der Waals surface area contributed by atoms with Gasteiger partial charge in [-0.1, -0.05) is 77.4 Å². The van der Waals surface area contributed by atoms with Crippen molar-refractivity contribution in [1.82, 2.24) is 0 Å². The number of allylic oxidation sites excluding steroid dienone is 2. The van der Waals surface area contributed by atoms with Gasteiger partial charge in [0.25, 0.3) is 0 Å². The fourth-order valence-corrected chi connectivity index (χ4v) is 3.06. The first-order chi connectivity index (χ1) is 11.3. The first-order valence-electron chi connectivity index (χ1n) is 7.37. The average Bonchev–Trinajstić information content (AvgIpc) is 2.94. The lowest BCUT2D eigenvalue weighted by molar-refractivity contribution is -0.162. The quantitative estimate of drug-likeness (QED) is 0.309. The van der Waals surface area contributed by atoms with E-state index in [1.54, 1.807) is 19.9 Å². The molecule has 25 heavy (non-hydrogen) atoms. The number of rotatable bonds is 6. The van der Waals surface area contributed by atoms with Crippen LogP contribution in [0.3, 0.4) is 0 Å². The fraction of sp³-hybridized carbons (Fsp3) is 0.625. The molecule has 0 heterocycles. The molecule has 0 saturated heterocycles. The first-order valence-corrected chi connectivity index (χ1v) is 9.26. The number of carbonyl (C=O) groups excluding carboxylic acids is 2. The maximum absolute atomic E-state index is 12.1. The van der Waals surface area contributed by atoms with Gasteiger partial charge < -0.3 is 9.47 Å². The van der Waals surface area contributed by atoms with Crippen LogP contribution in [0.5, 0.6) is 0 Å². The van der Waals surface area contributed by atoms with Gasteiger partial charge in [0.1, 0.15) is 4.49 Å². The lowest BCUT2D eigenvalue weighted by Crippen LogP contribution is -2.32. The second-order valence-corrected chi connectivity index (χ2v) is 9.96. The maximum Gasteiger partial charge on any atom is 0.345 e. The summed E-state index contributed by atoms with van der Waals surface area (Å²) < 4.78 is 8.34. The summed E-state index contributed by atoms with van der Waals surface area (Å²) in [5.74, 6) is -1.94. The van der Waals surface area contributed by atoms with E-state index in [9.17, 15) is 9.59 Å². The molecule has 0 amide bonds. The molecule has 142 valence electrons. The highest BCUT2D eigenvalue weighted by atomic mass is 35.6. The van der Waals surface area contributed by atoms with Crippen molar-refractivity contribution in [3.63, 3.8) is 0 Å². The zero-order valence-corrected chi connectivity index (χ0v) is 17.9. The van der Waals surface area contributed by atoms with Crippen molar-refractivity contribution in [3.8, 4) is 0 Å². The fourth-order valence-electron chi connectivity index (χ4n) is 2.47. The number of ether oxygens (including phenoxy) is 2. The van der Waals surface area contributed by atoms with Crippen LogP contribution in [-0.4, -0.2) is 28.4 Å². The molecule has 1 aliphatic rings. The van der Waals surface area contributed by atoms with Crippen LogP contribution in [0.25, 0.3) is 0 Å². The average molecular weight is 453 g/mol. The zero-order chi connectivity index (χ0) is 19.6. The summed E-state index contributed by atoms with van der Waals surface area (Å²) in [6.45, 7) is 6.71. The van der Waals surface area contributed by atoms with Crippen molar-refractivity contribution < 1.29 is 19.1 Å². The monoisotopic (exact) mass is 450 g/mol. The molecule has 4 nitrogen and oxygen atoms in total. The molecule has 0 N–H and O–H groups in total. The zero-order valence-electron chi connectivity index (χ0n) is 14.1. The topological polar surface area (TPSA) is 52.6 Å². The predicted molar refractivity (Wildman–Crippen MR) is 101 cm³/mol. The molecule has 1 aliphatic carbocycles. The first kappa shape index (κ1) is 22.9. The Labute approximate surface area is 172 Å². The van der Waals surface area contributed by atoms with Gasteiger partial charge in [-0.05, 0) is 37.3 Å². The van der Waals surface area contributed by atoms with E-state index in [0.717, 1.165) is 5.57 Å². The smallest absolute Gasteiger partial charge is 0.345 e. The Morgan fingerprint density at radius 3 is 2.20 bits per heavy atom. The molecule has 9 heteroatoms. The van der Waals surface area contributed by atoms with E-state index in [0.29, 0.717) is 0 Å². The molecule has 0 aromatic heterocycles. The van der Waals surface area contributed by atoms with Crippen LogP contribution in [0.1, 0.15) is 27.7 Å². The molecule has 3 unspecified atom stereocenters. The lowest BCUT2D eigenvalue weighted by atomic mass is 10.1. The van der Waals surface area contributed by atoms with Gasteiger partial charge in [0, 0.05) is 0 Å². The van der Waals surface area contributed by atoms with Crippen molar-refractivity contribution in [2.45, 2.75) is 37.6 Å². The summed E-state index contributed by atoms with van der Waals surface area (Å²) in [7, 11) is 0. The highest BCUT2D eigenvalue weighted by molar-refractivity contribution is 6.68. The molecule has 1 rings (SSSR count). The van der Waals surface area contributed by atoms with Crippen molar-refractivity contribution >= 4 is 69.9 Å². The summed E-state index contributed by atoms with van der Waals surface area (Å²) in [5.41, 5.74) is 0.450. The van der Waals surface area contributed by atoms with E-state index < -0.39 is 34.4 Å². The lowest BCUT2D eigenvalue weighted by Gasteiger charge is -2.22. The molecule has 0 aromatic carbocycles. The summed E-state index contributed by atoms with van der Waals surface area (Å²) in [6, 6.07) is 0. The van der Waals surface area contributed by atoms with Crippen molar-refractivity contribution in [2.24, 2.45) is 17.3 Å². The minimum Gasteiger partial charge on any atom is -0.453 e. The molecule has 0 spiro atoms. The minimum absolute atomic E-state index is 0.0834. The van der Waals surface area contributed by atoms with Crippen LogP contribution in [0.15, 0.2) is 22.2 Å². The van der Waals surface area contributed by atoms with Gasteiger partial charge in [-0.25, -0.2) is 4.79 Å². The van der Waals surface area contributed by atoms with E-state index in [1.165, 1.54) is 6.08 Å². The van der Waals surface area contributed by atoms with Gasteiger partial charge in [0.2, 0.25) is 3.79 Å². The van der Waals surface area contributed by atoms with Crippen LogP contribution in [0, 0.1) is 17.3 Å². The summed E-state index contributed by atoms with van der Waals surface area (Å²) in [5, 5.41) is 0. The molecule has 0 bridgehead atoms. The molecule has 0 aliphatic heterocycles. The Morgan fingerprint density at radius 1 is 1.20 bits per heavy atom. The largest absolute Gasteiger partial charge is 0.453 e. The Balaban J connectivity index is 2.61. The Morgan fingerprint density at radius 2 is 1.76 bits per heavy atom. The maximum atomic E-state index is 12.1. The predicted octanol–water partition coefficient (Wildman–Crippen LogP) is 5.37. The third-order valence-electron chi connectivity index (χ3n) is 3.87. The van der Waals surface area contributed by atoms with Crippen LogP contribution in [0.4, 0.5) is 0 Å². The molecule has 0 radical (unpaired) electrons. The van der Waals surface area contributed by atoms with E-state index in [1.807, 2.05) is 13.8 Å². The normalized spacial score (nSPS) is 22.4. The standard InChI is InChI=1S/C16H19Cl5O4/c1-8(2)5-10(16(19,20)21)25-12(22)7-24-14(23)13-9(6-11(17)18)15(13,3)4/h5-6,9-10,13H,7H2,1-4H3. The minimum atomic E-state index is -1.83. The number of alkyl halides is 3. The van der Waals surface area contributed by atoms with Crippen molar-refractivity contribution in [2.75, 3.05) is 6.61 Å². The third-order valence-corrected chi connectivity index (χ3v) is 4.77. The highest BCUT2D eigenvalue weighted by Crippen LogP contribution is 2.60. The molecule has 0 aromatic rings. The van der Waals surface area contributed by atoms with Gasteiger partial charge in [-0.2, -0.15) is 0 Å². The van der Waals surface area contributed by atoms with Gasteiger partial charge in [-0.15, -0.1) is 0 Å². The molecule has 1 fully saturated rings. The Bertz CT molecular complexity index is 584. The van der Waals surface area contributed by atoms with Crippen molar-refractivity contribution in [3.05, 3.63) is 22.2 Å². The molecule has 3 atom stereocenters. The Kier molecular flexibility index (Phi) is 7.98. The Hall–Kier alpha value is -0.130. The summed E-state index contributed by atoms with van der Waals surface area (Å²) >= 11 is 28.6.